The van der Waals surface area contributed by atoms with Gasteiger partial charge in [-0.2, -0.15) is 4.39 Å². The Balaban J connectivity index is 3.50. The molecule has 0 bridgehead atoms. The van der Waals surface area contributed by atoms with Crippen LogP contribution in [0.1, 0.15) is 0 Å². The van der Waals surface area contributed by atoms with Gasteiger partial charge in [-0.25, -0.2) is 0 Å². The smallest absolute Gasteiger partial charge is 0.307 e. The van der Waals surface area contributed by atoms with Crippen LogP contribution in [-0.4, -0.2) is 10.0 Å². The van der Waals surface area contributed by atoms with E-state index in [-0.39, 0.29) is 12.9 Å². The Hall–Kier alpha value is -0.190. The molecule has 4 nitrogen and oxygen atoms in total. The average molecular weight is 409 g/mol. The zero-order valence-corrected chi connectivity index (χ0v) is 10.2. The van der Waals surface area contributed by atoms with Gasteiger partial charge in [-0.3, -0.25) is 10.1 Å². The standard InChI is InChI=1S/C6H2FI2NO3/c7-4-3(10(12)13)1-2(8)6(11)5(4)9/h1,11H. The van der Waals surface area contributed by atoms with Crippen LogP contribution in [0.4, 0.5) is 10.1 Å². The van der Waals surface area contributed by atoms with Crippen molar-refractivity contribution in [2.75, 3.05) is 0 Å². The molecule has 0 radical (unpaired) electrons. The normalized spacial score (nSPS) is 10.1. The lowest BCUT2D eigenvalue weighted by Gasteiger charge is -2.01. The molecular weight excluding hydrogens is 407 g/mol. The Morgan fingerprint density at radius 3 is 2.54 bits per heavy atom. The van der Waals surface area contributed by atoms with Crippen LogP contribution in [0, 0.1) is 23.1 Å². The van der Waals surface area contributed by atoms with Gasteiger partial charge in [0.15, 0.2) is 0 Å². The molecule has 0 spiro atoms. The van der Waals surface area contributed by atoms with E-state index in [1.165, 1.54) is 22.6 Å². The van der Waals surface area contributed by atoms with Crippen LogP contribution < -0.4 is 0 Å². The number of hydrogen-bond acceptors (Lipinski definition) is 3. The Bertz CT molecular complexity index is 383. The number of nitro benzene ring substituents is 1. The molecule has 0 aromatic heterocycles. The zero-order chi connectivity index (χ0) is 10.2. The molecule has 0 atom stereocenters. The highest BCUT2D eigenvalue weighted by Gasteiger charge is 2.22. The summed E-state index contributed by atoms with van der Waals surface area (Å²) in [7, 11) is 0. The molecule has 13 heavy (non-hydrogen) atoms. The van der Waals surface area contributed by atoms with Crippen LogP contribution in [0.25, 0.3) is 0 Å². The van der Waals surface area contributed by atoms with Crippen LogP contribution >= 0.6 is 45.2 Å². The molecule has 7 heteroatoms. The molecule has 1 rings (SSSR count). The van der Waals surface area contributed by atoms with Crippen molar-refractivity contribution in [1.29, 1.82) is 0 Å². The van der Waals surface area contributed by atoms with Crippen molar-refractivity contribution in [2.45, 2.75) is 0 Å². The SMILES string of the molecule is O=[N+]([O-])c1cc(I)c(O)c(I)c1F. The van der Waals surface area contributed by atoms with Gasteiger partial charge in [0.1, 0.15) is 5.75 Å². The summed E-state index contributed by atoms with van der Waals surface area (Å²) in [4.78, 5) is 9.49. The molecule has 1 aromatic carbocycles. The molecule has 1 N–H and O–H groups in total. The minimum absolute atomic E-state index is 0.129. The van der Waals surface area contributed by atoms with Crippen LogP contribution in [0.3, 0.4) is 0 Å². The molecule has 0 aliphatic rings. The summed E-state index contributed by atoms with van der Waals surface area (Å²) in [6, 6.07) is 0.993. The van der Waals surface area contributed by atoms with E-state index in [9.17, 15) is 19.6 Å². The van der Waals surface area contributed by atoms with E-state index in [0.29, 0.717) is 0 Å². The van der Waals surface area contributed by atoms with Crippen molar-refractivity contribution < 1.29 is 14.4 Å². The first-order chi connectivity index (χ1) is 5.95. The second kappa shape index (κ2) is 3.90. The summed E-state index contributed by atoms with van der Waals surface area (Å²) in [5.74, 6) is -1.26. The highest BCUT2D eigenvalue weighted by molar-refractivity contribution is 14.1. The predicted octanol–water partition coefficient (Wildman–Crippen LogP) is 2.65. The fourth-order valence-electron chi connectivity index (χ4n) is 0.706. The molecule has 0 fully saturated rings. The van der Waals surface area contributed by atoms with Crippen molar-refractivity contribution in [3.8, 4) is 5.75 Å². The minimum atomic E-state index is -0.997. The Kier molecular flexibility index (Phi) is 3.27. The third-order valence-electron chi connectivity index (χ3n) is 1.31. The first-order valence-corrected chi connectivity index (χ1v) is 5.11. The van der Waals surface area contributed by atoms with Crippen molar-refractivity contribution in [3.05, 3.63) is 29.1 Å². The van der Waals surface area contributed by atoms with E-state index in [1.807, 2.05) is 0 Å². The molecular formula is C6H2FI2NO3. The summed E-state index contributed by atoms with van der Waals surface area (Å²) in [5, 5.41) is 19.5. The van der Waals surface area contributed by atoms with E-state index in [4.69, 9.17) is 0 Å². The maximum absolute atomic E-state index is 13.1. The van der Waals surface area contributed by atoms with Crippen LogP contribution in [-0.2, 0) is 0 Å². The predicted molar refractivity (Wildman–Crippen MR) is 60.2 cm³/mol. The van der Waals surface area contributed by atoms with Gasteiger partial charge < -0.3 is 5.11 Å². The lowest BCUT2D eigenvalue weighted by atomic mass is 10.3. The number of benzene rings is 1. The minimum Gasteiger partial charge on any atom is -0.506 e. The summed E-state index contributed by atoms with van der Waals surface area (Å²) in [5.41, 5.74) is -0.619. The fourth-order valence-corrected chi connectivity index (χ4v) is 2.35. The van der Waals surface area contributed by atoms with Crippen LogP contribution in [0.2, 0.25) is 0 Å². The number of aromatic hydroxyl groups is 1. The average Bonchev–Trinajstić information content (AvgIpc) is 2.07. The zero-order valence-electron chi connectivity index (χ0n) is 5.92. The van der Waals surface area contributed by atoms with Crippen molar-refractivity contribution in [3.63, 3.8) is 0 Å². The van der Waals surface area contributed by atoms with Gasteiger partial charge in [-0.15, -0.1) is 0 Å². The van der Waals surface area contributed by atoms with Crippen molar-refractivity contribution >= 4 is 50.9 Å². The van der Waals surface area contributed by atoms with E-state index in [1.54, 1.807) is 22.6 Å². The fraction of sp³-hybridized carbons (Fsp3) is 0. The molecule has 1 aromatic rings. The Morgan fingerprint density at radius 2 is 2.08 bits per heavy atom. The van der Waals surface area contributed by atoms with Gasteiger partial charge in [-0.05, 0) is 45.2 Å². The van der Waals surface area contributed by atoms with Gasteiger partial charge in [0.25, 0.3) is 0 Å². The number of halogens is 3. The lowest BCUT2D eigenvalue weighted by molar-refractivity contribution is -0.387. The van der Waals surface area contributed by atoms with E-state index >= 15 is 0 Å². The third kappa shape index (κ3) is 2.00. The Morgan fingerprint density at radius 1 is 1.54 bits per heavy atom. The molecule has 0 saturated heterocycles. The Labute approximate surface area is 99.6 Å². The maximum Gasteiger partial charge on any atom is 0.307 e. The van der Waals surface area contributed by atoms with E-state index in [0.717, 1.165) is 6.07 Å². The highest BCUT2D eigenvalue weighted by Crippen LogP contribution is 2.33. The highest BCUT2D eigenvalue weighted by atomic mass is 127. The summed E-state index contributed by atoms with van der Waals surface area (Å²) < 4.78 is 13.2. The maximum atomic E-state index is 13.1. The quantitative estimate of drug-likeness (QED) is 0.336. The van der Waals surface area contributed by atoms with Gasteiger partial charge >= 0.3 is 5.69 Å². The molecule has 70 valence electrons. The summed E-state index contributed by atoms with van der Waals surface area (Å²) in [6.45, 7) is 0. The van der Waals surface area contributed by atoms with Gasteiger partial charge in [0.2, 0.25) is 5.82 Å². The third-order valence-corrected chi connectivity index (χ3v) is 3.12. The summed E-state index contributed by atoms with van der Waals surface area (Å²) in [6.07, 6.45) is 0. The number of rotatable bonds is 1. The number of hydrogen-bond donors (Lipinski definition) is 1. The van der Waals surface area contributed by atoms with Crippen LogP contribution in [0.15, 0.2) is 6.07 Å². The molecule has 0 aliphatic heterocycles. The van der Waals surface area contributed by atoms with E-state index < -0.39 is 16.4 Å². The lowest BCUT2D eigenvalue weighted by Crippen LogP contribution is -1.96. The van der Waals surface area contributed by atoms with Crippen molar-refractivity contribution in [2.24, 2.45) is 0 Å². The van der Waals surface area contributed by atoms with Gasteiger partial charge in [-0.1, -0.05) is 0 Å². The topological polar surface area (TPSA) is 63.4 Å². The molecule has 0 aliphatic carbocycles. The number of nitro groups is 1. The number of phenolic OH excluding ortho intramolecular Hbond substituents is 1. The molecule has 0 saturated carbocycles. The molecule has 0 heterocycles. The monoisotopic (exact) mass is 409 g/mol. The van der Waals surface area contributed by atoms with Crippen LogP contribution in [0.5, 0.6) is 5.75 Å². The van der Waals surface area contributed by atoms with Gasteiger partial charge in [0, 0.05) is 6.07 Å². The first kappa shape index (κ1) is 10.9. The summed E-state index contributed by atoms with van der Waals surface area (Å²) >= 11 is 3.22. The largest absolute Gasteiger partial charge is 0.506 e. The second-order valence-electron chi connectivity index (χ2n) is 2.11. The first-order valence-electron chi connectivity index (χ1n) is 2.96. The molecule has 0 amide bonds. The second-order valence-corrected chi connectivity index (χ2v) is 4.35. The van der Waals surface area contributed by atoms with E-state index in [2.05, 4.69) is 0 Å². The number of phenols is 1. The number of nitrogens with zero attached hydrogens (tertiary/aromatic N) is 1. The van der Waals surface area contributed by atoms with Gasteiger partial charge in [0.05, 0.1) is 12.1 Å². The molecule has 0 unspecified atom stereocenters. The van der Waals surface area contributed by atoms with Crippen molar-refractivity contribution in [1.82, 2.24) is 0 Å².